The standard InChI is InChI=1S/C7H6N2/c8-5-6-3-1-2-4-7(6)9/h1-4H,9H2/i1D,4D. The van der Waals surface area contributed by atoms with Gasteiger partial charge in [0.05, 0.1) is 8.30 Å². The molecule has 1 aromatic carbocycles. The average molecular weight is 120 g/mol. The van der Waals surface area contributed by atoms with Crippen molar-refractivity contribution in [2.45, 2.75) is 0 Å². The molecule has 0 heterocycles. The van der Waals surface area contributed by atoms with Gasteiger partial charge in [-0.05, 0) is 12.1 Å². The zero-order valence-electron chi connectivity index (χ0n) is 6.68. The summed E-state index contributed by atoms with van der Waals surface area (Å²) in [6.07, 6.45) is 0. The van der Waals surface area contributed by atoms with Crippen LogP contribution in [0.5, 0.6) is 0 Å². The molecule has 0 aliphatic carbocycles. The minimum absolute atomic E-state index is 0.0362. The molecule has 0 atom stereocenters. The van der Waals surface area contributed by atoms with Crippen molar-refractivity contribution < 1.29 is 2.74 Å². The van der Waals surface area contributed by atoms with Gasteiger partial charge in [-0.2, -0.15) is 5.26 Å². The number of rotatable bonds is 0. The Labute approximate surface area is 56.3 Å². The van der Waals surface area contributed by atoms with Gasteiger partial charge >= 0.3 is 0 Å². The molecule has 0 aliphatic rings. The van der Waals surface area contributed by atoms with E-state index in [1.165, 1.54) is 12.1 Å². The normalized spacial score (nSPS) is 11.4. The summed E-state index contributed by atoms with van der Waals surface area (Å²) in [5.41, 5.74) is 5.71. The smallest absolute Gasteiger partial charge is 0.101 e. The van der Waals surface area contributed by atoms with Gasteiger partial charge in [0.2, 0.25) is 0 Å². The molecule has 44 valence electrons. The molecule has 0 fully saturated rings. The van der Waals surface area contributed by atoms with E-state index in [-0.39, 0.29) is 23.3 Å². The first kappa shape index (κ1) is 3.52. The van der Waals surface area contributed by atoms with Crippen LogP contribution in [0.25, 0.3) is 0 Å². The molecule has 2 nitrogen and oxygen atoms in total. The van der Waals surface area contributed by atoms with Gasteiger partial charge in [0, 0.05) is 5.69 Å². The van der Waals surface area contributed by atoms with Gasteiger partial charge in [-0.3, -0.25) is 0 Å². The quantitative estimate of drug-likeness (QED) is 0.522. The summed E-state index contributed by atoms with van der Waals surface area (Å²) < 4.78 is 14.4. The van der Waals surface area contributed by atoms with Crippen molar-refractivity contribution in [2.24, 2.45) is 0 Å². The van der Waals surface area contributed by atoms with Crippen LogP contribution in [-0.2, 0) is 0 Å². The molecule has 0 unspecified atom stereocenters. The maximum Gasteiger partial charge on any atom is 0.101 e. The maximum atomic E-state index is 8.47. The third-order valence-electron chi connectivity index (χ3n) is 0.949. The Hall–Kier alpha value is -1.49. The van der Waals surface area contributed by atoms with E-state index < -0.39 is 0 Å². The second-order valence-electron chi connectivity index (χ2n) is 1.54. The fourth-order valence-corrected chi connectivity index (χ4v) is 0.492. The third-order valence-corrected chi connectivity index (χ3v) is 0.949. The molecule has 0 saturated heterocycles. The molecule has 0 aromatic heterocycles. The van der Waals surface area contributed by atoms with Crippen molar-refractivity contribution in [1.29, 1.82) is 5.26 Å². The molecule has 0 bridgehead atoms. The largest absolute Gasteiger partial charge is 0.398 e. The number of nitriles is 1. The Kier molecular flexibility index (Phi) is 0.855. The lowest BCUT2D eigenvalue weighted by Crippen LogP contribution is -1.87. The number of benzene rings is 1. The van der Waals surface area contributed by atoms with E-state index in [2.05, 4.69) is 0 Å². The minimum atomic E-state index is 0.0362. The monoisotopic (exact) mass is 120 g/mol. The van der Waals surface area contributed by atoms with Gasteiger partial charge < -0.3 is 5.73 Å². The van der Waals surface area contributed by atoms with Crippen LogP contribution in [0.1, 0.15) is 8.30 Å². The molecular formula is C7H6N2. The van der Waals surface area contributed by atoms with Crippen molar-refractivity contribution in [3.05, 3.63) is 29.8 Å². The second-order valence-corrected chi connectivity index (χ2v) is 1.54. The van der Waals surface area contributed by atoms with Crippen LogP contribution >= 0.6 is 0 Å². The van der Waals surface area contributed by atoms with Gasteiger partial charge in [-0.25, -0.2) is 0 Å². The van der Waals surface area contributed by atoms with E-state index >= 15 is 0 Å². The first-order valence-corrected chi connectivity index (χ1v) is 2.42. The number of nitrogens with zero attached hydrogens (tertiary/aromatic N) is 1. The van der Waals surface area contributed by atoms with Crippen molar-refractivity contribution in [2.75, 3.05) is 5.73 Å². The van der Waals surface area contributed by atoms with Gasteiger partial charge in [-0.1, -0.05) is 12.1 Å². The molecule has 0 saturated carbocycles. The summed E-state index contributed by atoms with van der Waals surface area (Å²) in [6.45, 7) is 0. The maximum absolute atomic E-state index is 8.47. The van der Waals surface area contributed by atoms with Gasteiger partial charge in [0.15, 0.2) is 0 Å². The highest BCUT2D eigenvalue weighted by Crippen LogP contribution is 2.06. The molecule has 0 amide bonds. The Morgan fingerprint density at radius 1 is 1.78 bits per heavy atom. The van der Waals surface area contributed by atoms with E-state index in [0.29, 0.717) is 0 Å². The van der Waals surface area contributed by atoms with Crippen molar-refractivity contribution in [1.82, 2.24) is 0 Å². The topological polar surface area (TPSA) is 49.8 Å². The van der Waals surface area contributed by atoms with Gasteiger partial charge in [0.1, 0.15) is 6.07 Å². The predicted molar refractivity (Wildman–Crippen MR) is 35.6 cm³/mol. The highest BCUT2D eigenvalue weighted by molar-refractivity contribution is 5.53. The van der Waals surface area contributed by atoms with Gasteiger partial charge in [0.25, 0.3) is 0 Å². The van der Waals surface area contributed by atoms with Crippen LogP contribution in [0.2, 0.25) is 0 Å². The van der Waals surface area contributed by atoms with E-state index in [9.17, 15) is 0 Å². The van der Waals surface area contributed by atoms with Crippen LogP contribution < -0.4 is 5.73 Å². The number of hydrogen-bond acceptors (Lipinski definition) is 2. The van der Waals surface area contributed by atoms with E-state index in [0.717, 1.165) is 0 Å². The summed E-state index contributed by atoms with van der Waals surface area (Å²) in [5, 5.41) is 8.47. The summed E-state index contributed by atoms with van der Waals surface area (Å²) in [6, 6.07) is 4.63. The molecule has 2 heteroatoms. The Morgan fingerprint density at radius 2 is 2.56 bits per heavy atom. The summed E-state index contributed by atoms with van der Waals surface area (Å²) in [7, 11) is 0. The number of para-hydroxylation sites is 1. The molecule has 0 aliphatic heterocycles. The lowest BCUT2D eigenvalue weighted by Gasteiger charge is -1.91. The lowest BCUT2D eigenvalue weighted by atomic mass is 10.2. The Bertz CT molecular complexity index is 328. The van der Waals surface area contributed by atoms with E-state index in [4.69, 9.17) is 13.7 Å². The Morgan fingerprint density at radius 3 is 3.22 bits per heavy atom. The zero-order chi connectivity index (χ0) is 8.43. The SMILES string of the molecule is [2H]c1cc([2H])c(N)c(C#N)c1. The van der Waals surface area contributed by atoms with Crippen LogP contribution in [-0.4, -0.2) is 0 Å². The molecule has 1 rings (SSSR count). The van der Waals surface area contributed by atoms with Crippen molar-refractivity contribution in [3.8, 4) is 6.07 Å². The number of hydrogen-bond donors (Lipinski definition) is 1. The fraction of sp³-hybridized carbons (Fsp3) is 0. The highest BCUT2D eigenvalue weighted by Gasteiger charge is 1.90. The van der Waals surface area contributed by atoms with E-state index in [1.807, 2.05) is 6.07 Å². The third kappa shape index (κ3) is 1.000. The summed E-state index contributed by atoms with van der Waals surface area (Å²) in [5.74, 6) is 0. The number of anilines is 1. The lowest BCUT2D eigenvalue weighted by molar-refractivity contribution is 1.48. The molecular weight excluding hydrogens is 112 g/mol. The summed E-state index contributed by atoms with van der Waals surface area (Å²) >= 11 is 0. The first-order valence-electron chi connectivity index (χ1n) is 3.42. The van der Waals surface area contributed by atoms with Crippen molar-refractivity contribution in [3.63, 3.8) is 0 Å². The molecule has 2 N–H and O–H groups in total. The minimum Gasteiger partial charge on any atom is -0.398 e. The average Bonchev–Trinajstić information content (AvgIpc) is 1.96. The molecule has 0 radical (unpaired) electrons. The second kappa shape index (κ2) is 2.19. The highest BCUT2D eigenvalue weighted by atomic mass is 14.6. The van der Waals surface area contributed by atoms with E-state index in [1.54, 1.807) is 0 Å². The van der Waals surface area contributed by atoms with Crippen LogP contribution in [0.3, 0.4) is 0 Å². The number of nitrogen functional groups attached to an aromatic ring is 1. The van der Waals surface area contributed by atoms with Gasteiger partial charge in [-0.15, -0.1) is 0 Å². The fourth-order valence-electron chi connectivity index (χ4n) is 0.492. The first-order chi connectivity index (χ1) is 5.15. The summed E-state index contributed by atoms with van der Waals surface area (Å²) in [4.78, 5) is 0. The van der Waals surface area contributed by atoms with Crippen LogP contribution in [0.4, 0.5) is 5.69 Å². The molecule has 1 aromatic rings. The van der Waals surface area contributed by atoms with Crippen LogP contribution in [0.15, 0.2) is 24.2 Å². The van der Waals surface area contributed by atoms with Crippen molar-refractivity contribution >= 4 is 5.69 Å². The zero-order valence-corrected chi connectivity index (χ0v) is 4.68. The van der Waals surface area contributed by atoms with Crippen LogP contribution in [0, 0.1) is 11.3 Å². The number of nitrogens with two attached hydrogens (primary N) is 1. The molecule has 0 spiro atoms. The Balaban J connectivity index is 3.39. The predicted octanol–water partition coefficient (Wildman–Crippen LogP) is 1.14. The molecule has 9 heavy (non-hydrogen) atoms.